The lowest BCUT2D eigenvalue weighted by Crippen LogP contribution is -2.53. The average molecular weight is 302 g/mol. The SMILES string of the molecule is CCN(CC)C(=O)N1CCN(c2ccc3nccn3n2)CC1. The number of hydrogen-bond donors (Lipinski definition) is 0. The van der Waals surface area contributed by atoms with Gasteiger partial charge in [-0.3, -0.25) is 0 Å². The van der Waals surface area contributed by atoms with E-state index in [-0.39, 0.29) is 6.03 Å². The third-order valence-corrected chi connectivity index (χ3v) is 4.15. The number of hydrogen-bond acceptors (Lipinski definition) is 4. The number of urea groups is 1. The van der Waals surface area contributed by atoms with Crippen molar-refractivity contribution in [2.24, 2.45) is 0 Å². The Bertz CT molecular complexity index is 642. The monoisotopic (exact) mass is 302 g/mol. The molecular formula is C15H22N6O. The number of carbonyl (C=O) groups is 1. The highest BCUT2D eigenvalue weighted by atomic mass is 16.2. The van der Waals surface area contributed by atoms with Gasteiger partial charge in [0.1, 0.15) is 5.82 Å². The van der Waals surface area contributed by atoms with Crippen LogP contribution in [0.5, 0.6) is 0 Å². The Labute approximate surface area is 130 Å². The quantitative estimate of drug-likeness (QED) is 0.858. The van der Waals surface area contributed by atoms with E-state index in [1.807, 2.05) is 42.0 Å². The second-order valence-electron chi connectivity index (χ2n) is 5.35. The van der Waals surface area contributed by atoms with E-state index in [2.05, 4.69) is 15.0 Å². The summed E-state index contributed by atoms with van der Waals surface area (Å²) in [4.78, 5) is 22.6. The zero-order valence-corrected chi connectivity index (χ0v) is 13.1. The highest BCUT2D eigenvalue weighted by Gasteiger charge is 2.24. The lowest BCUT2D eigenvalue weighted by atomic mass is 10.3. The lowest BCUT2D eigenvalue weighted by molar-refractivity contribution is 0.154. The van der Waals surface area contributed by atoms with Gasteiger partial charge in [-0.05, 0) is 26.0 Å². The molecule has 1 saturated heterocycles. The number of rotatable bonds is 3. The average Bonchev–Trinajstić information content (AvgIpc) is 3.03. The Hall–Kier alpha value is -2.31. The van der Waals surface area contributed by atoms with Crippen molar-refractivity contribution in [1.82, 2.24) is 24.4 Å². The minimum absolute atomic E-state index is 0.141. The molecule has 2 aromatic heterocycles. The molecule has 22 heavy (non-hydrogen) atoms. The van der Waals surface area contributed by atoms with Gasteiger partial charge < -0.3 is 14.7 Å². The number of nitrogens with zero attached hydrogens (tertiary/aromatic N) is 6. The summed E-state index contributed by atoms with van der Waals surface area (Å²) in [6.45, 7) is 8.63. The third-order valence-electron chi connectivity index (χ3n) is 4.15. The maximum absolute atomic E-state index is 12.3. The lowest BCUT2D eigenvalue weighted by Gasteiger charge is -2.37. The number of imidazole rings is 1. The topological polar surface area (TPSA) is 57.0 Å². The Morgan fingerprint density at radius 3 is 2.59 bits per heavy atom. The van der Waals surface area contributed by atoms with Crippen molar-refractivity contribution in [3.8, 4) is 0 Å². The van der Waals surface area contributed by atoms with Crippen LogP contribution in [-0.2, 0) is 0 Å². The smallest absolute Gasteiger partial charge is 0.320 e. The molecule has 0 radical (unpaired) electrons. The molecule has 7 heteroatoms. The van der Waals surface area contributed by atoms with Crippen molar-refractivity contribution in [2.45, 2.75) is 13.8 Å². The Balaban J connectivity index is 1.65. The fraction of sp³-hybridized carbons (Fsp3) is 0.533. The molecule has 0 saturated carbocycles. The highest BCUT2D eigenvalue weighted by molar-refractivity contribution is 5.74. The van der Waals surface area contributed by atoms with Gasteiger partial charge in [-0.25, -0.2) is 14.3 Å². The number of fused-ring (bicyclic) bond motifs is 1. The van der Waals surface area contributed by atoms with Crippen LogP contribution in [0, 0.1) is 0 Å². The molecule has 0 aliphatic carbocycles. The van der Waals surface area contributed by atoms with Gasteiger partial charge in [0.2, 0.25) is 0 Å². The van der Waals surface area contributed by atoms with Crippen molar-refractivity contribution in [1.29, 1.82) is 0 Å². The van der Waals surface area contributed by atoms with Crippen LogP contribution in [0.25, 0.3) is 5.65 Å². The van der Waals surface area contributed by atoms with Crippen LogP contribution in [0.15, 0.2) is 24.5 Å². The zero-order chi connectivity index (χ0) is 15.5. The molecule has 0 spiro atoms. The van der Waals surface area contributed by atoms with Gasteiger partial charge in [-0.2, -0.15) is 0 Å². The number of piperazine rings is 1. The summed E-state index contributed by atoms with van der Waals surface area (Å²) in [5.74, 6) is 0.931. The van der Waals surface area contributed by atoms with Crippen LogP contribution in [0.3, 0.4) is 0 Å². The molecule has 7 nitrogen and oxygen atoms in total. The first-order valence-corrected chi connectivity index (χ1v) is 7.82. The first-order chi connectivity index (χ1) is 10.7. The number of amides is 2. The predicted molar refractivity (Wildman–Crippen MR) is 85.1 cm³/mol. The van der Waals surface area contributed by atoms with E-state index in [4.69, 9.17) is 0 Å². The van der Waals surface area contributed by atoms with E-state index < -0.39 is 0 Å². The van der Waals surface area contributed by atoms with Gasteiger partial charge in [0, 0.05) is 51.7 Å². The van der Waals surface area contributed by atoms with E-state index in [1.165, 1.54) is 0 Å². The zero-order valence-electron chi connectivity index (χ0n) is 13.1. The van der Waals surface area contributed by atoms with Crippen molar-refractivity contribution in [2.75, 3.05) is 44.2 Å². The van der Waals surface area contributed by atoms with E-state index in [9.17, 15) is 4.79 Å². The first-order valence-electron chi connectivity index (χ1n) is 7.82. The Kier molecular flexibility index (Phi) is 4.13. The van der Waals surface area contributed by atoms with Gasteiger partial charge in [0.25, 0.3) is 0 Å². The number of aromatic nitrogens is 3. The second-order valence-corrected chi connectivity index (χ2v) is 5.35. The summed E-state index contributed by atoms with van der Waals surface area (Å²) in [6, 6.07) is 4.10. The highest BCUT2D eigenvalue weighted by Crippen LogP contribution is 2.15. The molecule has 1 aliphatic rings. The molecule has 0 aromatic carbocycles. The van der Waals surface area contributed by atoms with Crippen molar-refractivity contribution < 1.29 is 4.79 Å². The van der Waals surface area contributed by atoms with Gasteiger partial charge >= 0.3 is 6.03 Å². The molecule has 0 N–H and O–H groups in total. The van der Waals surface area contributed by atoms with Gasteiger partial charge in [0.05, 0.1) is 0 Å². The second kappa shape index (κ2) is 6.21. The Morgan fingerprint density at radius 1 is 1.18 bits per heavy atom. The minimum atomic E-state index is 0.141. The van der Waals surface area contributed by atoms with Gasteiger partial charge in [-0.1, -0.05) is 0 Å². The molecule has 3 heterocycles. The largest absolute Gasteiger partial charge is 0.352 e. The van der Waals surface area contributed by atoms with Crippen LogP contribution in [0.1, 0.15) is 13.8 Å². The summed E-state index contributed by atoms with van der Waals surface area (Å²) in [6.07, 6.45) is 3.59. The fourth-order valence-electron chi connectivity index (χ4n) is 2.79. The maximum Gasteiger partial charge on any atom is 0.320 e. The summed E-state index contributed by atoms with van der Waals surface area (Å²) >= 11 is 0. The van der Waals surface area contributed by atoms with Crippen LogP contribution < -0.4 is 4.90 Å². The molecule has 2 amide bonds. The van der Waals surface area contributed by atoms with Crippen LogP contribution in [-0.4, -0.2) is 69.7 Å². The summed E-state index contributed by atoms with van der Waals surface area (Å²) in [5.41, 5.74) is 0.846. The molecule has 1 fully saturated rings. The van der Waals surface area contributed by atoms with Crippen LogP contribution >= 0.6 is 0 Å². The van der Waals surface area contributed by atoms with Crippen molar-refractivity contribution in [3.63, 3.8) is 0 Å². The van der Waals surface area contributed by atoms with E-state index in [1.54, 1.807) is 10.7 Å². The fourth-order valence-corrected chi connectivity index (χ4v) is 2.79. The van der Waals surface area contributed by atoms with E-state index >= 15 is 0 Å². The normalized spacial score (nSPS) is 15.4. The molecule has 1 aliphatic heterocycles. The maximum atomic E-state index is 12.3. The predicted octanol–water partition coefficient (Wildman–Crippen LogP) is 1.31. The number of anilines is 1. The van der Waals surface area contributed by atoms with E-state index in [0.717, 1.165) is 50.7 Å². The molecule has 0 bridgehead atoms. The first kappa shape index (κ1) is 14.6. The van der Waals surface area contributed by atoms with Crippen molar-refractivity contribution >= 4 is 17.5 Å². The van der Waals surface area contributed by atoms with Gasteiger partial charge in [0.15, 0.2) is 5.65 Å². The summed E-state index contributed by atoms with van der Waals surface area (Å²) in [7, 11) is 0. The van der Waals surface area contributed by atoms with Crippen molar-refractivity contribution in [3.05, 3.63) is 24.5 Å². The summed E-state index contributed by atoms with van der Waals surface area (Å²) < 4.78 is 1.78. The number of carbonyl (C=O) groups excluding carboxylic acids is 1. The molecule has 2 aromatic rings. The standard InChI is InChI=1S/C15H22N6O/c1-3-18(4-2)15(22)20-11-9-19(10-12-20)14-6-5-13-16-7-8-21(13)17-14/h5-8H,3-4,9-12H2,1-2H3. The van der Waals surface area contributed by atoms with Crippen LogP contribution in [0.4, 0.5) is 10.6 Å². The minimum Gasteiger partial charge on any atom is -0.352 e. The molecular weight excluding hydrogens is 280 g/mol. The van der Waals surface area contributed by atoms with Gasteiger partial charge in [-0.15, -0.1) is 5.10 Å². The van der Waals surface area contributed by atoms with E-state index in [0.29, 0.717) is 0 Å². The third kappa shape index (κ3) is 2.70. The van der Waals surface area contributed by atoms with Crippen LogP contribution in [0.2, 0.25) is 0 Å². The molecule has 3 rings (SSSR count). The molecule has 0 atom stereocenters. The molecule has 118 valence electrons. The molecule has 0 unspecified atom stereocenters. The Morgan fingerprint density at radius 2 is 1.91 bits per heavy atom. The summed E-state index contributed by atoms with van der Waals surface area (Å²) in [5, 5.41) is 4.56.